The molecule has 0 saturated carbocycles. The molecule has 0 atom stereocenters. The van der Waals surface area contributed by atoms with Gasteiger partial charge in [-0.2, -0.15) is 0 Å². The summed E-state index contributed by atoms with van der Waals surface area (Å²) >= 11 is 0. The predicted octanol–water partition coefficient (Wildman–Crippen LogP) is 3.48. The van der Waals surface area contributed by atoms with Gasteiger partial charge in [0, 0.05) is 18.8 Å². The summed E-state index contributed by atoms with van der Waals surface area (Å²) in [6.45, 7) is 14.7. The number of carbonyl (C=O) groups is 1. The van der Waals surface area contributed by atoms with E-state index in [-0.39, 0.29) is 17.2 Å². The molecule has 1 radical (unpaired) electrons. The van der Waals surface area contributed by atoms with Gasteiger partial charge in [-0.1, -0.05) is 20.7 Å². The average Bonchev–Trinajstić information content (AvgIpc) is 2.37. The van der Waals surface area contributed by atoms with Crippen LogP contribution in [0.1, 0.15) is 54.4 Å². The fourth-order valence-corrected chi connectivity index (χ4v) is 1.44. The molecular weight excluding hydrogens is 267 g/mol. The Morgan fingerprint density at radius 3 is 1.95 bits per heavy atom. The van der Waals surface area contributed by atoms with Crippen molar-refractivity contribution in [1.82, 2.24) is 0 Å². The molecular formula is C16H32BO4. The molecule has 0 rings (SSSR count). The normalized spacial score (nSPS) is 13.1. The summed E-state index contributed by atoms with van der Waals surface area (Å²) in [6.07, 6.45) is 1.50. The second-order valence-electron chi connectivity index (χ2n) is 7.22. The Hall–Kier alpha value is -0.545. The highest BCUT2D eigenvalue weighted by Crippen LogP contribution is 2.25. The molecule has 0 aliphatic rings. The van der Waals surface area contributed by atoms with Gasteiger partial charge in [0.25, 0.3) is 0 Å². The van der Waals surface area contributed by atoms with E-state index in [0.717, 1.165) is 6.42 Å². The first-order valence-corrected chi connectivity index (χ1v) is 7.63. The largest absolute Gasteiger partial charge is 0.466 e. The van der Waals surface area contributed by atoms with Crippen molar-refractivity contribution in [3.8, 4) is 0 Å². The van der Waals surface area contributed by atoms with Crippen molar-refractivity contribution in [3.05, 3.63) is 0 Å². The molecule has 4 nitrogen and oxygen atoms in total. The fraction of sp³-hybridized carbons (Fsp3) is 0.938. The maximum absolute atomic E-state index is 11.9. The van der Waals surface area contributed by atoms with Crippen molar-refractivity contribution in [2.24, 2.45) is 0 Å². The van der Waals surface area contributed by atoms with E-state index in [1.807, 2.05) is 55.6 Å². The Balaban J connectivity index is 4.06. The molecule has 5 heteroatoms. The molecule has 0 N–H and O–H groups in total. The van der Waals surface area contributed by atoms with Crippen LogP contribution in [0.25, 0.3) is 0 Å². The Labute approximate surface area is 131 Å². The highest BCUT2D eigenvalue weighted by Gasteiger charge is 2.28. The van der Waals surface area contributed by atoms with Crippen molar-refractivity contribution < 1.29 is 19.0 Å². The lowest BCUT2D eigenvalue weighted by Gasteiger charge is -2.29. The molecule has 0 heterocycles. The zero-order chi connectivity index (χ0) is 16.7. The number of hydrogen-bond acceptors (Lipinski definition) is 4. The van der Waals surface area contributed by atoms with Crippen LogP contribution in [0.3, 0.4) is 0 Å². The molecule has 0 fully saturated rings. The summed E-state index contributed by atoms with van der Waals surface area (Å²) in [5.41, 5.74) is -0.492. The second kappa shape index (κ2) is 8.18. The van der Waals surface area contributed by atoms with E-state index in [1.165, 1.54) is 0 Å². The lowest BCUT2D eigenvalue weighted by Crippen LogP contribution is -2.32. The zero-order valence-electron chi connectivity index (χ0n) is 15.0. The van der Waals surface area contributed by atoms with Gasteiger partial charge in [-0.05, 0) is 34.1 Å². The summed E-state index contributed by atoms with van der Waals surface area (Å²) in [5, 5.41) is -0.534. The van der Waals surface area contributed by atoms with E-state index in [9.17, 15) is 4.79 Å². The second-order valence-corrected chi connectivity index (χ2v) is 7.22. The van der Waals surface area contributed by atoms with Crippen LogP contribution in [0.5, 0.6) is 0 Å². The standard InChI is InChI=1S/C16H32BO4/c1-14(2,19-8)10-12-21-15(3,4)9-11-20-13(18)16(5,6)17-7/h9-12H2,1-8H3. The maximum atomic E-state index is 11.9. The molecule has 21 heavy (non-hydrogen) atoms. The summed E-state index contributed by atoms with van der Waals surface area (Å²) in [6, 6.07) is 0. The number of methoxy groups -OCH3 is 1. The van der Waals surface area contributed by atoms with Crippen LogP contribution in [0, 0.1) is 0 Å². The van der Waals surface area contributed by atoms with Crippen LogP contribution in [0.4, 0.5) is 0 Å². The molecule has 0 saturated heterocycles. The highest BCUT2D eigenvalue weighted by molar-refractivity contribution is 6.44. The third-order valence-corrected chi connectivity index (χ3v) is 3.93. The molecule has 0 amide bonds. The van der Waals surface area contributed by atoms with Gasteiger partial charge in [0.1, 0.15) is 7.28 Å². The molecule has 0 aliphatic heterocycles. The Morgan fingerprint density at radius 1 is 0.952 bits per heavy atom. The van der Waals surface area contributed by atoms with Gasteiger partial charge in [-0.3, -0.25) is 4.79 Å². The first-order valence-electron chi connectivity index (χ1n) is 7.63. The van der Waals surface area contributed by atoms with E-state index >= 15 is 0 Å². The fourth-order valence-electron chi connectivity index (χ4n) is 1.44. The van der Waals surface area contributed by atoms with E-state index in [0.29, 0.717) is 19.6 Å². The van der Waals surface area contributed by atoms with Gasteiger partial charge in [-0.15, -0.1) is 0 Å². The van der Waals surface area contributed by atoms with E-state index in [4.69, 9.17) is 14.2 Å². The number of hydrogen-bond donors (Lipinski definition) is 0. The minimum absolute atomic E-state index is 0.177. The summed E-state index contributed by atoms with van der Waals surface area (Å²) < 4.78 is 16.6. The molecule has 0 spiro atoms. The van der Waals surface area contributed by atoms with Crippen molar-refractivity contribution in [3.63, 3.8) is 0 Å². The predicted molar refractivity (Wildman–Crippen MR) is 87.0 cm³/mol. The highest BCUT2D eigenvalue weighted by atomic mass is 16.5. The van der Waals surface area contributed by atoms with Gasteiger partial charge in [0.2, 0.25) is 0 Å². The molecule has 0 unspecified atom stereocenters. The van der Waals surface area contributed by atoms with Crippen molar-refractivity contribution in [2.75, 3.05) is 20.3 Å². The van der Waals surface area contributed by atoms with Crippen LogP contribution in [0.15, 0.2) is 0 Å². The molecule has 0 aromatic rings. The number of carbonyl (C=O) groups excluding carboxylic acids is 1. The quantitative estimate of drug-likeness (QED) is 0.457. The van der Waals surface area contributed by atoms with Crippen LogP contribution in [0.2, 0.25) is 12.1 Å². The topological polar surface area (TPSA) is 44.8 Å². The van der Waals surface area contributed by atoms with Gasteiger partial charge < -0.3 is 14.2 Å². The van der Waals surface area contributed by atoms with E-state index < -0.39 is 5.31 Å². The van der Waals surface area contributed by atoms with Gasteiger partial charge in [-0.25, -0.2) is 0 Å². The smallest absolute Gasteiger partial charge is 0.303 e. The lowest BCUT2D eigenvalue weighted by molar-refractivity contribution is -0.148. The summed E-state index contributed by atoms with van der Waals surface area (Å²) in [4.78, 5) is 11.9. The number of esters is 1. The van der Waals surface area contributed by atoms with Crippen LogP contribution < -0.4 is 0 Å². The Kier molecular flexibility index (Phi) is 7.97. The van der Waals surface area contributed by atoms with E-state index in [2.05, 4.69) is 0 Å². The lowest BCUT2D eigenvalue weighted by atomic mass is 9.56. The van der Waals surface area contributed by atoms with Crippen LogP contribution in [-0.2, 0) is 19.0 Å². The SMILES string of the molecule is C[B]C(C)(C)C(=O)OCCC(C)(C)OCCC(C)(C)OC. The minimum Gasteiger partial charge on any atom is -0.466 e. The third-order valence-electron chi connectivity index (χ3n) is 3.93. The molecule has 0 aromatic heterocycles. The monoisotopic (exact) mass is 299 g/mol. The molecule has 0 bridgehead atoms. The number of ether oxygens (including phenoxy) is 3. The third kappa shape index (κ3) is 8.47. The van der Waals surface area contributed by atoms with Gasteiger partial charge >= 0.3 is 5.97 Å². The number of rotatable bonds is 10. The Morgan fingerprint density at radius 2 is 1.48 bits per heavy atom. The summed E-state index contributed by atoms with van der Waals surface area (Å²) in [7, 11) is 3.56. The zero-order valence-corrected chi connectivity index (χ0v) is 15.0. The summed E-state index contributed by atoms with van der Waals surface area (Å²) in [5.74, 6) is -0.193. The first kappa shape index (κ1) is 20.5. The van der Waals surface area contributed by atoms with Crippen molar-refractivity contribution >= 4 is 13.2 Å². The minimum atomic E-state index is -0.534. The van der Waals surface area contributed by atoms with Crippen molar-refractivity contribution in [2.45, 2.75) is 77.7 Å². The van der Waals surface area contributed by atoms with Crippen molar-refractivity contribution in [1.29, 1.82) is 0 Å². The molecule has 123 valence electrons. The average molecular weight is 299 g/mol. The van der Waals surface area contributed by atoms with Crippen LogP contribution >= 0.6 is 0 Å². The Bertz CT molecular complexity index is 324. The van der Waals surface area contributed by atoms with Gasteiger partial charge in [0.15, 0.2) is 0 Å². The van der Waals surface area contributed by atoms with Gasteiger partial charge in [0.05, 0.1) is 24.4 Å². The van der Waals surface area contributed by atoms with E-state index in [1.54, 1.807) is 7.11 Å². The first-order chi connectivity index (χ1) is 9.46. The van der Waals surface area contributed by atoms with Crippen LogP contribution in [-0.4, -0.2) is 44.8 Å². The molecule has 0 aliphatic carbocycles. The maximum Gasteiger partial charge on any atom is 0.303 e. The molecule has 0 aromatic carbocycles.